The van der Waals surface area contributed by atoms with Gasteiger partial charge in [-0.15, -0.1) is 0 Å². The number of rotatable bonds is 6. The fourth-order valence-electron chi connectivity index (χ4n) is 5.03. The number of amides is 1. The molecule has 1 aromatic heterocycles. The maximum atomic E-state index is 13.4. The molecule has 4 heteroatoms. The van der Waals surface area contributed by atoms with Crippen molar-refractivity contribution in [1.82, 2.24) is 9.47 Å². The highest BCUT2D eigenvalue weighted by atomic mass is 19.1. The van der Waals surface area contributed by atoms with Gasteiger partial charge in [-0.05, 0) is 54.7 Å². The molecule has 1 aliphatic heterocycles. The Kier molecular flexibility index (Phi) is 5.99. The van der Waals surface area contributed by atoms with Crippen molar-refractivity contribution in [1.29, 1.82) is 0 Å². The average Bonchev–Trinajstić information content (AvgIpc) is 3.48. The summed E-state index contributed by atoms with van der Waals surface area (Å²) in [7, 11) is 0. The maximum absolute atomic E-state index is 13.4. The van der Waals surface area contributed by atoms with Crippen molar-refractivity contribution in [3.8, 4) is 0 Å². The summed E-state index contributed by atoms with van der Waals surface area (Å²) in [5.41, 5.74) is 5.71. The van der Waals surface area contributed by atoms with Crippen molar-refractivity contribution in [3.05, 3.63) is 107 Å². The van der Waals surface area contributed by atoms with Gasteiger partial charge in [-0.2, -0.15) is 0 Å². The summed E-state index contributed by atoms with van der Waals surface area (Å²) in [6.45, 7) is 4.49. The quantitative estimate of drug-likeness (QED) is 0.346. The van der Waals surface area contributed by atoms with E-state index in [-0.39, 0.29) is 17.6 Å². The number of benzene rings is 3. The van der Waals surface area contributed by atoms with E-state index in [4.69, 9.17) is 0 Å². The summed E-state index contributed by atoms with van der Waals surface area (Å²) in [5, 5.41) is 1.17. The summed E-state index contributed by atoms with van der Waals surface area (Å²) in [5.74, 6) is -0.0107. The molecule has 3 aromatic carbocycles. The SMILES string of the molecule is Cc1cccc(C(CC(=O)N2CCCC2)c2cn(Cc3ccc(F)cc3)c3ccccc23)c1. The zero-order valence-corrected chi connectivity index (χ0v) is 19.0. The summed E-state index contributed by atoms with van der Waals surface area (Å²) in [6.07, 6.45) is 4.85. The number of likely N-dealkylation sites (tertiary alicyclic amines) is 1. The number of para-hydroxylation sites is 1. The third-order valence-corrected chi connectivity index (χ3v) is 6.74. The Hall–Kier alpha value is -3.40. The first kappa shape index (κ1) is 21.4. The van der Waals surface area contributed by atoms with Crippen LogP contribution in [0.25, 0.3) is 10.9 Å². The van der Waals surface area contributed by atoms with Gasteiger partial charge in [0.1, 0.15) is 5.82 Å². The van der Waals surface area contributed by atoms with Crippen molar-refractivity contribution >= 4 is 16.8 Å². The molecule has 2 heterocycles. The molecule has 0 radical (unpaired) electrons. The van der Waals surface area contributed by atoms with Gasteiger partial charge < -0.3 is 9.47 Å². The van der Waals surface area contributed by atoms with Crippen LogP contribution in [0.15, 0.2) is 79.0 Å². The molecule has 1 aliphatic rings. The number of aromatic nitrogens is 1. The van der Waals surface area contributed by atoms with Crippen LogP contribution < -0.4 is 0 Å². The van der Waals surface area contributed by atoms with Crippen molar-refractivity contribution in [3.63, 3.8) is 0 Å². The van der Waals surface area contributed by atoms with Gasteiger partial charge in [0.15, 0.2) is 0 Å². The fraction of sp³-hybridized carbons (Fsp3) is 0.276. The third kappa shape index (κ3) is 4.56. The number of hydrogen-bond acceptors (Lipinski definition) is 1. The van der Waals surface area contributed by atoms with Gasteiger partial charge in [-0.3, -0.25) is 4.79 Å². The molecule has 1 amide bonds. The Morgan fingerprint density at radius 1 is 0.970 bits per heavy atom. The largest absolute Gasteiger partial charge is 0.343 e. The predicted octanol–water partition coefficient (Wildman–Crippen LogP) is 6.28. The van der Waals surface area contributed by atoms with Gasteiger partial charge in [0.2, 0.25) is 5.91 Å². The van der Waals surface area contributed by atoms with Crippen LogP contribution >= 0.6 is 0 Å². The Bertz CT molecular complexity index is 1270. The first-order valence-electron chi connectivity index (χ1n) is 11.7. The van der Waals surface area contributed by atoms with E-state index in [9.17, 15) is 9.18 Å². The maximum Gasteiger partial charge on any atom is 0.223 e. The lowest BCUT2D eigenvalue weighted by molar-refractivity contribution is -0.130. The monoisotopic (exact) mass is 440 g/mol. The van der Waals surface area contributed by atoms with Gasteiger partial charge in [0.25, 0.3) is 0 Å². The standard InChI is InChI=1S/C29H29FN2O/c1-21-7-6-8-23(17-21)26(18-29(33)31-15-4-5-16-31)27-20-32(28-10-3-2-9-25(27)28)19-22-11-13-24(30)14-12-22/h2-3,6-14,17,20,26H,4-5,15-16,18-19H2,1H3. The topological polar surface area (TPSA) is 25.2 Å². The minimum absolute atomic E-state index is 0.0163. The lowest BCUT2D eigenvalue weighted by atomic mass is 9.87. The summed E-state index contributed by atoms with van der Waals surface area (Å²) in [4.78, 5) is 15.3. The van der Waals surface area contributed by atoms with E-state index in [2.05, 4.69) is 60.2 Å². The molecular formula is C29H29FN2O. The Morgan fingerprint density at radius 2 is 1.73 bits per heavy atom. The Balaban J connectivity index is 1.57. The lowest BCUT2D eigenvalue weighted by Gasteiger charge is -2.22. The molecule has 4 aromatic rings. The average molecular weight is 441 g/mol. The van der Waals surface area contributed by atoms with Crippen LogP contribution in [0, 0.1) is 12.7 Å². The van der Waals surface area contributed by atoms with Crippen LogP contribution in [0.4, 0.5) is 4.39 Å². The van der Waals surface area contributed by atoms with E-state index >= 15 is 0 Å². The van der Waals surface area contributed by atoms with Crippen LogP contribution in [0.2, 0.25) is 0 Å². The van der Waals surface area contributed by atoms with E-state index < -0.39 is 0 Å². The van der Waals surface area contributed by atoms with Crippen LogP contribution in [0.3, 0.4) is 0 Å². The number of fused-ring (bicyclic) bond motifs is 1. The molecule has 0 N–H and O–H groups in total. The number of carbonyl (C=O) groups is 1. The van der Waals surface area contributed by atoms with E-state index in [1.807, 2.05) is 23.1 Å². The molecule has 0 bridgehead atoms. The van der Waals surface area contributed by atoms with E-state index in [0.29, 0.717) is 13.0 Å². The second kappa shape index (κ2) is 9.22. The molecule has 0 saturated carbocycles. The second-order valence-corrected chi connectivity index (χ2v) is 9.11. The Morgan fingerprint density at radius 3 is 2.48 bits per heavy atom. The smallest absolute Gasteiger partial charge is 0.223 e. The van der Waals surface area contributed by atoms with Crippen LogP contribution in [-0.2, 0) is 11.3 Å². The number of halogens is 1. The highest BCUT2D eigenvalue weighted by molar-refractivity contribution is 5.87. The molecule has 1 unspecified atom stereocenters. The minimum atomic E-state index is -0.225. The lowest BCUT2D eigenvalue weighted by Crippen LogP contribution is -2.29. The molecule has 33 heavy (non-hydrogen) atoms. The molecule has 0 spiro atoms. The number of carbonyl (C=O) groups excluding carboxylic acids is 1. The third-order valence-electron chi connectivity index (χ3n) is 6.74. The van der Waals surface area contributed by atoms with Crippen molar-refractivity contribution in [2.45, 2.75) is 38.6 Å². The van der Waals surface area contributed by atoms with Crippen molar-refractivity contribution < 1.29 is 9.18 Å². The van der Waals surface area contributed by atoms with Crippen molar-refractivity contribution in [2.75, 3.05) is 13.1 Å². The predicted molar refractivity (Wildman–Crippen MR) is 131 cm³/mol. The van der Waals surface area contributed by atoms with Gasteiger partial charge in [-0.25, -0.2) is 4.39 Å². The summed E-state index contributed by atoms with van der Waals surface area (Å²) < 4.78 is 15.6. The second-order valence-electron chi connectivity index (χ2n) is 9.11. The number of nitrogens with zero attached hydrogens (tertiary/aromatic N) is 2. The molecule has 3 nitrogen and oxygen atoms in total. The van der Waals surface area contributed by atoms with Gasteiger partial charge in [-0.1, -0.05) is 60.2 Å². The van der Waals surface area contributed by atoms with E-state index in [1.165, 1.54) is 34.2 Å². The van der Waals surface area contributed by atoms with Gasteiger partial charge in [0.05, 0.1) is 0 Å². The molecule has 1 saturated heterocycles. The highest BCUT2D eigenvalue weighted by Crippen LogP contribution is 2.36. The normalized spacial score (nSPS) is 14.7. The van der Waals surface area contributed by atoms with Crippen LogP contribution in [-0.4, -0.2) is 28.5 Å². The van der Waals surface area contributed by atoms with Gasteiger partial charge >= 0.3 is 0 Å². The van der Waals surface area contributed by atoms with Gasteiger partial charge in [0, 0.05) is 49.1 Å². The first-order valence-corrected chi connectivity index (χ1v) is 11.7. The van der Waals surface area contributed by atoms with Crippen LogP contribution in [0.5, 0.6) is 0 Å². The number of aryl methyl sites for hydroxylation is 1. The summed E-state index contributed by atoms with van der Waals surface area (Å²) >= 11 is 0. The highest BCUT2D eigenvalue weighted by Gasteiger charge is 2.26. The number of hydrogen-bond donors (Lipinski definition) is 0. The van der Waals surface area contributed by atoms with Crippen molar-refractivity contribution in [2.24, 2.45) is 0 Å². The summed E-state index contributed by atoms with van der Waals surface area (Å²) in [6, 6.07) is 23.6. The first-order chi connectivity index (χ1) is 16.1. The van der Waals surface area contributed by atoms with Crippen LogP contribution in [0.1, 0.15) is 47.4 Å². The molecule has 1 atom stereocenters. The molecule has 1 fully saturated rings. The van der Waals surface area contributed by atoms with E-state index in [1.54, 1.807) is 0 Å². The fourth-order valence-corrected chi connectivity index (χ4v) is 5.03. The zero-order chi connectivity index (χ0) is 22.8. The molecular weight excluding hydrogens is 411 g/mol. The zero-order valence-electron chi connectivity index (χ0n) is 19.0. The molecule has 0 aliphatic carbocycles. The molecule has 168 valence electrons. The molecule has 5 rings (SSSR count). The van der Waals surface area contributed by atoms with E-state index in [0.717, 1.165) is 37.0 Å². The minimum Gasteiger partial charge on any atom is -0.343 e. The Labute approximate surface area is 194 Å².